The van der Waals surface area contributed by atoms with Crippen LogP contribution >= 0.6 is 15.9 Å². The van der Waals surface area contributed by atoms with Gasteiger partial charge in [0, 0.05) is 11.4 Å². The Kier molecular flexibility index (Phi) is 6.65. The van der Waals surface area contributed by atoms with Crippen molar-refractivity contribution in [1.29, 1.82) is 0 Å². The SMILES string of the molecule is CC(=O)Nc1ccc(Br)cc1NC(=O)C(C)Oc1cccc(C(C)(C)C)c1. The second-order valence-corrected chi connectivity index (χ2v) is 8.31. The summed E-state index contributed by atoms with van der Waals surface area (Å²) in [6.45, 7) is 9.48. The maximum atomic E-state index is 12.6. The minimum absolute atomic E-state index is 0.00551. The number of benzene rings is 2. The van der Waals surface area contributed by atoms with Gasteiger partial charge in [-0.15, -0.1) is 0 Å². The van der Waals surface area contributed by atoms with E-state index in [1.807, 2.05) is 24.3 Å². The molecule has 2 rings (SSSR count). The van der Waals surface area contributed by atoms with Crippen molar-refractivity contribution >= 4 is 39.1 Å². The van der Waals surface area contributed by atoms with Crippen LogP contribution in [0.5, 0.6) is 5.75 Å². The third kappa shape index (κ3) is 6.10. The van der Waals surface area contributed by atoms with Crippen LogP contribution in [0.15, 0.2) is 46.9 Å². The van der Waals surface area contributed by atoms with E-state index in [1.54, 1.807) is 25.1 Å². The molecule has 0 aliphatic rings. The third-order valence-corrected chi connectivity index (χ3v) is 4.43. The van der Waals surface area contributed by atoms with E-state index < -0.39 is 6.10 Å². The maximum absolute atomic E-state index is 12.6. The highest BCUT2D eigenvalue weighted by Crippen LogP contribution is 2.28. The Hall–Kier alpha value is -2.34. The van der Waals surface area contributed by atoms with Gasteiger partial charge >= 0.3 is 0 Å². The number of carbonyl (C=O) groups excluding carboxylic acids is 2. The predicted octanol–water partition coefficient (Wildman–Crippen LogP) is 5.11. The fourth-order valence-electron chi connectivity index (χ4n) is 2.45. The summed E-state index contributed by atoms with van der Waals surface area (Å²) in [5, 5.41) is 5.52. The molecule has 0 aliphatic heterocycles. The Morgan fingerprint density at radius 3 is 2.37 bits per heavy atom. The maximum Gasteiger partial charge on any atom is 0.265 e. The minimum atomic E-state index is -0.704. The Morgan fingerprint density at radius 1 is 1.04 bits per heavy atom. The summed E-state index contributed by atoms with van der Waals surface area (Å²) in [4.78, 5) is 23.9. The number of hydrogen-bond donors (Lipinski definition) is 2. The van der Waals surface area contributed by atoms with Gasteiger partial charge in [-0.25, -0.2) is 0 Å². The zero-order valence-corrected chi connectivity index (χ0v) is 17.8. The number of amides is 2. The summed E-state index contributed by atoms with van der Waals surface area (Å²) < 4.78 is 6.61. The van der Waals surface area contributed by atoms with E-state index in [4.69, 9.17) is 4.74 Å². The molecule has 0 bridgehead atoms. The number of anilines is 2. The first-order valence-corrected chi connectivity index (χ1v) is 9.51. The standard InChI is InChI=1S/C21H25BrN2O3/c1-13(27-17-8-6-7-15(11-17)21(3,4)5)20(26)24-19-12-16(22)9-10-18(19)23-14(2)25/h6-13H,1-5H3,(H,23,25)(H,24,26). The molecule has 0 fully saturated rings. The molecule has 0 spiro atoms. The van der Waals surface area contributed by atoms with Crippen LogP contribution < -0.4 is 15.4 Å². The normalized spacial score (nSPS) is 12.2. The first-order valence-electron chi connectivity index (χ1n) is 8.71. The molecule has 27 heavy (non-hydrogen) atoms. The Bertz CT molecular complexity index is 844. The highest BCUT2D eigenvalue weighted by molar-refractivity contribution is 9.10. The van der Waals surface area contributed by atoms with Gasteiger partial charge in [-0.3, -0.25) is 9.59 Å². The summed E-state index contributed by atoms with van der Waals surface area (Å²) in [6, 6.07) is 13.0. The first kappa shape index (κ1) is 21.0. The van der Waals surface area contributed by atoms with Gasteiger partial charge in [-0.1, -0.05) is 48.8 Å². The fourth-order valence-corrected chi connectivity index (χ4v) is 2.81. The van der Waals surface area contributed by atoms with Crippen LogP contribution in [-0.4, -0.2) is 17.9 Å². The van der Waals surface area contributed by atoms with E-state index in [2.05, 4.69) is 47.3 Å². The van der Waals surface area contributed by atoms with Crippen molar-refractivity contribution in [1.82, 2.24) is 0 Å². The topological polar surface area (TPSA) is 67.4 Å². The second kappa shape index (κ2) is 8.57. The van der Waals surface area contributed by atoms with E-state index in [9.17, 15) is 9.59 Å². The van der Waals surface area contributed by atoms with Gasteiger partial charge in [0.2, 0.25) is 5.91 Å². The van der Waals surface area contributed by atoms with Crippen LogP contribution in [0.3, 0.4) is 0 Å². The number of nitrogens with one attached hydrogen (secondary N) is 2. The van der Waals surface area contributed by atoms with E-state index in [1.165, 1.54) is 6.92 Å². The molecular formula is C21H25BrN2O3. The molecule has 0 radical (unpaired) electrons. The highest BCUT2D eigenvalue weighted by Gasteiger charge is 2.19. The molecule has 0 heterocycles. The van der Waals surface area contributed by atoms with Gasteiger partial charge in [-0.2, -0.15) is 0 Å². The van der Waals surface area contributed by atoms with Gasteiger partial charge in [-0.05, 0) is 48.2 Å². The molecule has 0 saturated carbocycles. The summed E-state index contributed by atoms with van der Waals surface area (Å²) in [7, 11) is 0. The fraction of sp³-hybridized carbons (Fsp3) is 0.333. The van der Waals surface area contributed by atoms with Crippen molar-refractivity contribution < 1.29 is 14.3 Å². The van der Waals surface area contributed by atoms with E-state index in [0.717, 1.165) is 10.0 Å². The third-order valence-electron chi connectivity index (χ3n) is 3.93. The molecule has 144 valence electrons. The molecule has 0 saturated heterocycles. The lowest BCUT2D eigenvalue weighted by Crippen LogP contribution is -2.30. The molecule has 6 heteroatoms. The second-order valence-electron chi connectivity index (χ2n) is 7.40. The van der Waals surface area contributed by atoms with Gasteiger partial charge in [0.15, 0.2) is 6.10 Å². The summed E-state index contributed by atoms with van der Waals surface area (Å²) >= 11 is 3.37. The number of hydrogen-bond acceptors (Lipinski definition) is 3. The lowest BCUT2D eigenvalue weighted by molar-refractivity contribution is -0.122. The molecule has 2 aromatic carbocycles. The van der Waals surface area contributed by atoms with Crippen LogP contribution in [0.1, 0.15) is 40.2 Å². The lowest BCUT2D eigenvalue weighted by Gasteiger charge is -2.21. The minimum Gasteiger partial charge on any atom is -0.481 e. The molecule has 0 aliphatic carbocycles. The molecule has 0 aromatic heterocycles. The zero-order chi connectivity index (χ0) is 20.2. The van der Waals surface area contributed by atoms with Gasteiger partial charge in [0.1, 0.15) is 5.75 Å². The monoisotopic (exact) mass is 432 g/mol. The molecule has 2 N–H and O–H groups in total. The van der Waals surface area contributed by atoms with Crippen molar-refractivity contribution in [3.8, 4) is 5.75 Å². The van der Waals surface area contributed by atoms with Crippen molar-refractivity contribution in [3.05, 3.63) is 52.5 Å². The van der Waals surface area contributed by atoms with Gasteiger partial charge < -0.3 is 15.4 Å². The largest absolute Gasteiger partial charge is 0.481 e. The van der Waals surface area contributed by atoms with Crippen LogP contribution in [-0.2, 0) is 15.0 Å². The summed E-state index contributed by atoms with van der Waals surface area (Å²) in [6.07, 6.45) is -0.704. The molecule has 2 amide bonds. The lowest BCUT2D eigenvalue weighted by atomic mass is 9.87. The average molecular weight is 433 g/mol. The zero-order valence-electron chi connectivity index (χ0n) is 16.2. The number of rotatable bonds is 5. The quantitative estimate of drug-likeness (QED) is 0.689. The molecule has 5 nitrogen and oxygen atoms in total. The van der Waals surface area contributed by atoms with Crippen molar-refractivity contribution in [2.45, 2.75) is 46.1 Å². The number of halogens is 1. The van der Waals surface area contributed by atoms with Gasteiger partial charge in [0.25, 0.3) is 5.91 Å². The summed E-state index contributed by atoms with van der Waals surface area (Å²) in [5.74, 6) is 0.124. The molecule has 2 aromatic rings. The van der Waals surface area contributed by atoms with E-state index in [-0.39, 0.29) is 17.2 Å². The van der Waals surface area contributed by atoms with Crippen LogP contribution in [0.4, 0.5) is 11.4 Å². The average Bonchev–Trinajstić information content (AvgIpc) is 2.56. The first-order chi connectivity index (χ1) is 12.6. The van der Waals surface area contributed by atoms with Crippen molar-refractivity contribution in [3.63, 3.8) is 0 Å². The van der Waals surface area contributed by atoms with Crippen molar-refractivity contribution in [2.24, 2.45) is 0 Å². The van der Waals surface area contributed by atoms with Crippen LogP contribution in [0.2, 0.25) is 0 Å². The van der Waals surface area contributed by atoms with Gasteiger partial charge in [0.05, 0.1) is 11.4 Å². The van der Waals surface area contributed by atoms with E-state index in [0.29, 0.717) is 17.1 Å². The molecule has 1 atom stereocenters. The smallest absolute Gasteiger partial charge is 0.265 e. The van der Waals surface area contributed by atoms with E-state index >= 15 is 0 Å². The highest BCUT2D eigenvalue weighted by atomic mass is 79.9. The Labute approximate surface area is 168 Å². The molecule has 1 unspecified atom stereocenters. The Balaban J connectivity index is 2.13. The van der Waals surface area contributed by atoms with Crippen molar-refractivity contribution in [2.75, 3.05) is 10.6 Å². The van der Waals surface area contributed by atoms with Crippen LogP contribution in [0.25, 0.3) is 0 Å². The number of ether oxygens (including phenoxy) is 1. The summed E-state index contributed by atoms with van der Waals surface area (Å²) in [5.41, 5.74) is 2.16. The molecular weight excluding hydrogens is 408 g/mol. The predicted molar refractivity (Wildman–Crippen MR) is 112 cm³/mol. The number of carbonyl (C=O) groups is 2. The van der Waals surface area contributed by atoms with Crippen LogP contribution in [0, 0.1) is 0 Å². The Morgan fingerprint density at radius 2 is 1.74 bits per heavy atom.